The van der Waals surface area contributed by atoms with Crippen LogP contribution in [0.2, 0.25) is 0 Å². The normalized spacial score (nSPS) is 11.2. The SMILES string of the molecule is CCN(CC)Cc1cccc(CNC(=NC)Nc2cccc(OCCCOC)c2)c1.I. The zero-order valence-electron chi connectivity index (χ0n) is 19.2. The fraction of sp³-hybridized carbons (Fsp3) is 0.458. The molecule has 0 heterocycles. The highest BCUT2D eigenvalue weighted by Gasteiger charge is 2.04. The van der Waals surface area contributed by atoms with Gasteiger partial charge < -0.3 is 20.1 Å². The Bertz CT molecular complexity index is 782. The summed E-state index contributed by atoms with van der Waals surface area (Å²) < 4.78 is 10.8. The number of guanidine groups is 1. The molecule has 0 amide bonds. The summed E-state index contributed by atoms with van der Waals surface area (Å²) >= 11 is 0. The Morgan fingerprint density at radius 1 is 1.00 bits per heavy atom. The third-order valence-corrected chi connectivity index (χ3v) is 4.83. The molecule has 0 aliphatic carbocycles. The first kappa shape index (κ1) is 27.2. The van der Waals surface area contributed by atoms with Crippen LogP contribution < -0.4 is 15.4 Å². The van der Waals surface area contributed by atoms with Gasteiger partial charge in [0.15, 0.2) is 5.96 Å². The predicted octanol–water partition coefficient (Wildman–Crippen LogP) is 4.75. The maximum atomic E-state index is 5.77. The lowest BCUT2D eigenvalue weighted by Crippen LogP contribution is -2.30. The highest BCUT2D eigenvalue weighted by atomic mass is 127. The summed E-state index contributed by atoms with van der Waals surface area (Å²) in [4.78, 5) is 6.75. The van der Waals surface area contributed by atoms with Gasteiger partial charge in [0.05, 0.1) is 6.61 Å². The summed E-state index contributed by atoms with van der Waals surface area (Å²) in [5, 5.41) is 6.72. The molecule has 0 atom stereocenters. The maximum absolute atomic E-state index is 5.77. The summed E-state index contributed by atoms with van der Waals surface area (Å²) in [5.41, 5.74) is 3.50. The second-order valence-electron chi connectivity index (χ2n) is 7.05. The average molecular weight is 540 g/mol. The molecule has 0 bridgehead atoms. The fourth-order valence-corrected chi connectivity index (χ4v) is 3.10. The molecule has 0 aromatic heterocycles. The quantitative estimate of drug-likeness (QED) is 0.176. The van der Waals surface area contributed by atoms with E-state index in [-0.39, 0.29) is 24.0 Å². The molecule has 0 unspecified atom stereocenters. The van der Waals surface area contributed by atoms with Gasteiger partial charge in [0, 0.05) is 52.0 Å². The van der Waals surface area contributed by atoms with E-state index in [1.165, 1.54) is 11.1 Å². The highest BCUT2D eigenvalue weighted by Crippen LogP contribution is 2.17. The molecule has 0 radical (unpaired) electrons. The molecule has 0 saturated carbocycles. The molecule has 0 aliphatic rings. The number of hydrogen-bond donors (Lipinski definition) is 2. The zero-order chi connectivity index (χ0) is 21.6. The van der Waals surface area contributed by atoms with Crippen molar-refractivity contribution in [3.05, 3.63) is 59.7 Å². The van der Waals surface area contributed by atoms with E-state index in [4.69, 9.17) is 9.47 Å². The van der Waals surface area contributed by atoms with Gasteiger partial charge in [0.2, 0.25) is 0 Å². The van der Waals surface area contributed by atoms with E-state index in [2.05, 4.69) is 58.6 Å². The van der Waals surface area contributed by atoms with Crippen molar-refractivity contribution in [2.24, 2.45) is 4.99 Å². The summed E-state index contributed by atoms with van der Waals surface area (Å²) in [6.45, 7) is 9.53. The van der Waals surface area contributed by atoms with Gasteiger partial charge in [-0.25, -0.2) is 0 Å². The van der Waals surface area contributed by atoms with E-state index in [1.54, 1.807) is 14.2 Å². The lowest BCUT2D eigenvalue weighted by atomic mass is 10.1. The van der Waals surface area contributed by atoms with Gasteiger partial charge in [-0.05, 0) is 36.3 Å². The van der Waals surface area contributed by atoms with E-state index in [0.717, 1.165) is 43.5 Å². The number of hydrogen-bond acceptors (Lipinski definition) is 4. The first-order valence-electron chi connectivity index (χ1n) is 10.7. The van der Waals surface area contributed by atoms with Gasteiger partial charge in [0.25, 0.3) is 0 Å². The molecule has 6 nitrogen and oxygen atoms in total. The largest absolute Gasteiger partial charge is 0.493 e. The van der Waals surface area contributed by atoms with Crippen LogP contribution in [0.1, 0.15) is 31.4 Å². The maximum Gasteiger partial charge on any atom is 0.195 e. The first-order chi connectivity index (χ1) is 14.7. The Morgan fingerprint density at radius 2 is 1.74 bits per heavy atom. The molecule has 2 N–H and O–H groups in total. The van der Waals surface area contributed by atoms with Crippen LogP contribution in [-0.4, -0.2) is 51.3 Å². The minimum absolute atomic E-state index is 0. The zero-order valence-corrected chi connectivity index (χ0v) is 21.5. The number of anilines is 1. The third kappa shape index (κ3) is 10.3. The van der Waals surface area contributed by atoms with Gasteiger partial charge in [-0.15, -0.1) is 24.0 Å². The highest BCUT2D eigenvalue weighted by molar-refractivity contribution is 14.0. The molecule has 172 valence electrons. The van der Waals surface area contributed by atoms with Gasteiger partial charge in [-0.2, -0.15) is 0 Å². The number of halogens is 1. The Morgan fingerprint density at radius 3 is 2.45 bits per heavy atom. The van der Waals surface area contributed by atoms with Crippen LogP contribution >= 0.6 is 24.0 Å². The lowest BCUT2D eigenvalue weighted by Gasteiger charge is -2.18. The predicted molar refractivity (Wildman–Crippen MR) is 141 cm³/mol. The topological polar surface area (TPSA) is 58.1 Å². The molecule has 0 aliphatic heterocycles. The minimum atomic E-state index is 0. The molecule has 0 fully saturated rings. The van der Waals surface area contributed by atoms with Crippen molar-refractivity contribution in [3.8, 4) is 5.75 Å². The number of ether oxygens (including phenoxy) is 2. The van der Waals surface area contributed by atoms with Crippen molar-refractivity contribution < 1.29 is 9.47 Å². The van der Waals surface area contributed by atoms with Crippen LogP contribution in [0.15, 0.2) is 53.5 Å². The van der Waals surface area contributed by atoms with Gasteiger partial charge in [-0.3, -0.25) is 9.89 Å². The van der Waals surface area contributed by atoms with Crippen LogP contribution in [0.3, 0.4) is 0 Å². The number of nitrogens with zero attached hydrogens (tertiary/aromatic N) is 2. The van der Waals surface area contributed by atoms with Crippen molar-refractivity contribution >= 4 is 35.6 Å². The number of methoxy groups -OCH3 is 1. The van der Waals surface area contributed by atoms with Crippen LogP contribution in [0.5, 0.6) is 5.75 Å². The van der Waals surface area contributed by atoms with Crippen molar-refractivity contribution in [1.29, 1.82) is 0 Å². The monoisotopic (exact) mass is 540 g/mol. The molecular formula is C24H37IN4O2. The molecular weight excluding hydrogens is 503 g/mol. The van der Waals surface area contributed by atoms with Crippen LogP contribution in [0, 0.1) is 0 Å². The van der Waals surface area contributed by atoms with Gasteiger partial charge in [0.1, 0.15) is 5.75 Å². The first-order valence-corrected chi connectivity index (χ1v) is 10.7. The number of nitrogens with one attached hydrogen (secondary N) is 2. The summed E-state index contributed by atoms with van der Waals surface area (Å²) in [6.07, 6.45) is 0.866. The molecule has 2 rings (SSSR count). The molecule has 2 aromatic rings. The van der Waals surface area contributed by atoms with Crippen molar-refractivity contribution in [2.75, 3.05) is 45.8 Å². The number of aliphatic imine (C=N–C) groups is 1. The molecule has 0 saturated heterocycles. The van der Waals surface area contributed by atoms with Crippen LogP contribution in [-0.2, 0) is 17.8 Å². The Balaban J connectivity index is 0.00000480. The Labute approximate surface area is 204 Å². The Kier molecular flexibility index (Phi) is 13.9. The molecule has 2 aromatic carbocycles. The molecule has 7 heteroatoms. The third-order valence-electron chi connectivity index (χ3n) is 4.83. The van der Waals surface area contributed by atoms with Crippen molar-refractivity contribution in [3.63, 3.8) is 0 Å². The fourth-order valence-electron chi connectivity index (χ4n) is 3.10. The van der Waals surface area contributed by atoms with E-state index >= 15 is 0 Å². The second kappa shape index (κ2) is 15.9. The number of rotatable bonds is 12. The van der Waals surface area contributed by atoms with Crippen molar-refractivity contribution in [2.45, 2.75) is 33.4 Å². The minimum Gasteiger partial charge on any atom is -0.493 e. The van der Waals surface area contributed by atoms with Crippen LogP contribution in [0.4, 0.5) is 5.69 Å². The van der Waals surface area contributed by atoms with E-state index in [9.17, 15) is 0 Å². The molecule has 0 spiro atoms. The van der Waals surface area contributed by atoms with Crippen molar-refractivity contribution in [1.82, 2.24) is 10.2 Å². The van der Waals surface area contributed by atoms with E-state index in [1.807, 2.05) is 24.3 Å². The summed E-state index contributed by atoms with van der Waals surface area (Å²) in [6, 6.07) is 16.6. The van der Waals surface area contributed by atoms with Gasteiger partial charge >= 0.3 is 0 Å². The number of benzene rings is 2. The standard InChI is InChI=1S/C24H36N4O2.HI/c1-5-28(6-2)19-21-11-7-10-20(16-21)18-26-24(25-3)27-22-12-8-13-23(17-22)30-15-9-14-29-4;/h7-8,10-13,16-17H,5-6,9,14-15,18-19H2,1-4H3,(H2,25,26,27);1H. The Hall–Kier alpha value is -1.84. The van der Waals surface area contributed by atoms with Gasteiger partial charge in [-0.1, -0.05) is 44.2 Å². The van der Waals surface area contributed by atoms with Crippen LogP contribution in [0.25, 0.3) is 0 Å². The summed E-state index contributed by atoms with van der Waals surface area (Å²) in [5.74, 6) is 1.55. The average Bonchev–Trinajstić information content (AvgIpc) is 2.78. The smallest absolute Gasteiger partial charge is 0.195 e. The summed E-state index contributed by atoms with van der Waals surface area (Å²) in [7, 11) is 3.47. The van der Waals surface area contributed by atoms with E-state index in [0.29, 0.717) is 19.8 Å². The lowest BCUT2D eigenvalue weighted by molar-refractivity contribution is 0.172. The molecule has 31 heavy (non-hydrogen) atoms. The second-order valence-corrected chi connectivity index (χ2v) is 7.05. The van der Waals surface area contributed by atoms with E-state index < -0.39 is 0 Å².